The van der Waals surface area contributed by atoms with Crippen molar-refractivity contribution < 1.29 is 9.47 Å². The van der Waals surface area contributed by atoms with E-state index in [1.54, 1.807) is 18.2 Å². The van der Waals surface area contributed by atoms with Crippen LogP contribution in [0.15, 0.2) is 29.0 Å². The molecule has 0 unspecified atom stereocenters. The molecule has 0 saturated carbocycles. The van der Waals surface area contributed by atoms with Crippen molar-refractivity contribution in [3.8, 4) is 23.4 Å². The normalized spacial score (nSPS) is 9.81. The van der Waals surface area contributed by atoms with Crippen molar-refractivity contribution in [1.82, 2.24) is 9.97 Å². The van der Waals surface area contributed by atoms with E-state index in [1.807, 2.05) is 13.0 Å². The van der Waals surface area contributed by atoms with Gasteiger partial charge in [-0.25, -0.2) is 9.97 Å². The predicted molar refractivity (Wildman–Crippen MR) is 81.7 cm³/mol. The maximum absolute atomic E-state index is 8.89. The van der Waals surface area contributed by atoms with Crippen molar-refractivity contribution in [3.63, 3.8) is 0 Å². The van der Waals surface area contributed by atoms with Gasteiger partial charge in [0.15, 0.2) is 11.5 Å². The zero-order chi connectivity index (χ0) is 15.2. The number of nitrogens with one attached hydrogen (secondary N) is 1. The summed E-state index contributed by atoms with van der Waals surface area (Å²) in [7, 11) is 1.52. The molecule has 0 aliphatic rings. The first-order chi connectivity index (χ1) is 10.2. The van der Waals surface area contributed by atoms with E-state index in [4.69, 9.17) is 14.7 Å². The Kier molecular flexibility index (Phi) is 4.95. The van der Waals surface area contributed by atoms with E-state index in [0.29, 0.717) is 33.2 Å². The maximum Gasteiger partial charge on any atom is 0.239 e. The number of ether oxygens (including phenoxy) is 2. The topological polar surface area (TPSA) is 80.1 Å². The molecule has 1 N–H and O–H groups in total. The van der Waals surface area contributed by atoms with Crippen molar-refractivity contribution >= 4 is 21.7 Å². The number of nitrogens with zero attached hydrogens (tertiary/aromatic N) is 3. The van der Waals surface area contributed by atoms with Crippen molar-refractivity contribution in [2.45, 2.75) is 6.92 Å². The first-order valence-corrected chi connectivity index (χ1v) is 6.99. The molecule has 2 aromatic rings. The number of aromatic nitrogens is 2. The molecule has 0 aliphatic carbocycles. The van der Waals surface area contributed by atoms with Crippen LogP contribution < -0.4 is 14.8 Å². The minimum absolute atomic E-state index is 0.365. The monoisotopic (exact) mass is 348 g/mol. The Bertz CT molecular complexity index is 685. The minimum atomic E-state index is 0.365. The number of hydrogen-bond donors (Lipinski definition) is 1. The molecular formula is C14H13BrN4O2. The summed E-state index contributed by atoms with van der Waals surface area (Å²) in [6, 6.07) is 6.97. The molecule has 0 aliphatic heterocycles. The summed E-state index contributed by atoms with van der Waals surface area (Å²) in [6.45, 7) is 2.70. The fraction of sp³-hybridized carbons (Fsp3) is 0.214. The molecule has 1 aromatic heterocycles. The summed E-state index contributed by atoms with van der Waals surface area (Å²) in [6.07, 6.45) is 1.41. The van der Waals surface area contributed by atoms with Crippen LogP contribution in [0.1, 0.15) is 12.5 Å². The second kappa shape index (κ2) is 6.90. The van der Waals surface area contributed by atoms with Gasteiger partial charge in [0.25, 0.3) is 0 Å². The number of hydrogen-bond acceptors (Lipinski definition) is 6. The van der Waals surface area contributed by atoms with Crippen LogP contribution >= 0.6 is 15.9 Å². The van der Waals surface area contributed by atoms with E-state index in [1.165, 1.54) is 13.4 Å². The zero-order valence-electron chi connectivity index (χ0n) is 11.6. The molecule has 1 aromatic carbocycles. The van der Waals surface area contributed by atoms with Gasteiger partial charge in [0.05, 0.1) is 18.7 Å². The molecule has 0 fully saturated rings. The second-order valence-electron chi connectivity index (χ2n) is 3.95. The lowest BCUT2D eigenvalue weighted by molar-refractivity contribution is 0.373. The molecule has 6 nitrogen and oxygen atoms in total. The lowest BCUT2D eigenvalue weighted by atomic mass is 10.2. The number of halogens is 1. The summed E-state index contributed by atoms with van der Waals surface area (Å²) in [4.78, 5) is 8.21. The lowest BCUT2D eigenvalue weighted by Crippen LogP contribution is -2.02. The summed E-state index contributed by atoms with van der Waals surface area (Å²) < 4.78 is 11.6. The zero-order valence-corrected chi connectivity index (χ0v) is 13.1. The van der Waals surface area contributed by atoms with Crippen LogP contribution in [-0.2, 0) is 0 Å². The van der Waals surface area contributed by atoms with Crippen LogP contribution in [0.3, 0.4) is 0 Å². The third kappa shape index (κ3) is 3.41. The molecule has 0 bridgehead atoms. The van der Waals surface area contributed by atoms with Gasteiger partial charge >= 0.3 is 0 Å². The standard InChI is InChI=1S/C14H13BrN4O2/c1-3-17-13-12(15)14(19-8-18-13)21-10-5-4-9(7-16)6-11(10)20-2/h4-6,8H,3H2,1-2H3,(H,17,18,19). The molecular weight excluding hydrogens is 336 g/mol. The average molecular weight is 349 g/mol. The number of benzene rings is 1. The van der Waals surface area contributed by atoms with E-state index in [-0.39, 0.29) is 0 Å². The summed E-state index contributed by atoms with van der Waals surface area (Å²) in [5.41, 5.74) is 0.495. The predicted octanol–water partition coefficient (Wildman–Crippen LogP) is 3.34. The fourth-order valence-corrected chi connectivity index (χ4v) is 2.07. The van der Waals surface area contributed by atoms with Crippen LogP contribution in [0.2, 0.25) is 0 Å². The quantitative estimate of drug-likeness (QED) is 0.892. The lowest BCUT2D eigenvalue weighted by Gasteiger charge is -2.12. The number of anilines is 1. The van der Waals surface area contributed by atoms with Crippen LogP contribution in [-0.4, -0.2) is 23.6 Å². The summed E-state index contributed by atoms with van der Waals surface area (Å²) in [5.74, 6) is 1.95. The first-order valence-electron chi connectivity index (χ1n) is 6.20. The third-order valence-corrected chi connectivity index (χ3v) is 3.32. The molecule has 0 amide bonds. The molecule has 7 heteroatoms. The smallest absolute Gasteiger partial charge is 0.239 e. The molecule has 108 valence electrons. The van der Waals surface area contributed by atoms with Gasteiger partial charge in [-0.2, -0.15) is 5.26 Å². The highest BCUT2D eigenvalue weighted by molar-refractivity contribution is 9.10. The SMILES string of the molecule is CCNc1ncnc(Oc2ccc(C#N)cc2OC)c1Br. The molecule has 21 heavy (non-hydrogen) atoms. The van der Waals surface area contributed by atoms with Crippen LogP contribution in [0.25, 0.3) is 0 Å². The minimum Gasteiger partial charge on any atom is -0.493 e. The Hall–Kier alpha value is -2.33. The van der Waals surface area contributed by atoms with Gasteiger partial charge in [0, 0.05) is 12.6 Å². The fourth-order valence-electron chi connectivity index (χ4n) is 1.64. The highest BCUT2D eigenvalue weighted by atomic mass is 79.9. The molecule has 0 spiro atoms. The molecule has 2 rings (SSSR count). The Labute approximate surface area is 130 Å². The highest BCUT2D eigenvalue weighted by Gasteiger charge is 2.13. The van der Waals surface area contributed by atoms with E-state index in [2.05, 4.69) is 31.2 Å². The van der Waals surface area contributed by atoms with Gasteiger partial charge in [-0.15, -0.1) is 0 Å². The van der Waals surface area contributed by atoms with Gasteiger partial charge < -0.3 is 14.8 Å². The van der Waals surface area contributed by atoms with Gasteiger partial charge in [0.1, 0.15) is 16.6 Å². The largest absolute Gasteiger partial charge is 0.493 e. The number of nitriles is 1. The van der Waals surface area contributed by atoms with E-state index in [9.17, 15) is 0 Å². The van der Waals surface area contributed by atoms with E-state index in [0.717, 1.165) is 6.54 Å². The average Bonchev–Trinajstić information content (AvgIpc) is 2.51. The molecule has 1 heterocycles. The molecule has 0 radical (unpaired) electrons. The summed E-state index contributed by atoms with van der Waals surface area (Å²) >= 11 is 3.41. The summed E-state index contributed by atoms with van der Waals surface area (Å²) in [5, 5.41) is 12.0. The van der Waals surface area contributed by atoms with Crippen molar-refractivity contribution in [1.29, 1.82) is 5.26 Å². The van der Waals surface area contributed by atoms with Crippen LogP contribution in [0, 0.1) is 11.3 Å². The number of methoxy groups -OCH3 is 1. The molecule has 0 saturated heterocycles. The van der Waals surface area contributed by atoms with Crippen LogP contribution in [0.4, 0.5) is 5.82 Å². The van der Waals surface area contributed by atoms with Crippen molar-refractivity contribution in [2.75, 3.05) is 19.0 Å². The second-order valence-corrected chi connectivity index (χ2v) is 4.74. The van der Waals surface area contributed by atoms with Crippen LogP contribution in [0.5, 0.6) is 17.4 Å². The van der Waals surface area contributed by atoms with Crippen molar-refractivity contribution in [3.05, 3.63) is 34.6 Å². The highest BCUT2D eigenvalue weighted by Crippen LogP contribution is 2.36. The van der Waals surface area contributed by atoms with E-state index < -0.39 is 0 Å². The van der Waals surface area contributed by atoms with Crippen molar-refractivity contribution in [2.24, 2.45) is 0 Å². The first kappa shape index (κ1) is 15.1. The Balaban J connectivity index is 2.34. The Morgan fingerprint density at radius 1 is 1.33 bits per heavy atom. The number of rotatable bonds is 5. The Morgan fingerprint density at radius 2 is 2.14 bits per heavy atom. The van der Waals surface area contributed by atoms with E-state index >= 15 is 0 Å². The van der Waals surface area contributed by atoms with Gasteiger partial charge in [-0.3, -0.25) is 0 Å². The Morgan fingerprint density at radius 3 is 2.81 bits per heavy atom. The maximum atomic E-state index is 8.89. The van der Waals surface area contributed by atoms with Gasteiger partial charge in [0.2, 0.25) is 5.88 Å². The molecule has 0 atom stereocenters. The third-order valence-electron chi connectivity index (χ3n) is 2.60. The van der Waals surface area contributed by atoms with Gasteiger partial charge in [-0.05, 0) is 35.0 Å². The van der Waals surface area contributed by atoms with Gasteiger partial charge in [-0.1, -0.05) is 0 Å².